The van der Waals surface area contributed by atoms with Gasteiger partial charge in [-0.05, 0) is 61.6 Å². The van der Waals surface area contributed by atoms with Crippen molar-refractivity contribution in [3.8, 4) is 17.2 Å². The zero-order valence-corrected chi connectivity index (χ0v) is 15.1. The molecule has 0 amide bonds. The van der Waals surface area contributed by atoms with Gasteiger partial charge in [0.15, 0.2) is 5.11 Å². The van der Waals surface area contributed by atoms with Gasteiger partial charge in [0.2, 0.25) is 0 Å². The molecule has 0 saturated heterocycles. The van der Waals surface area contributed by atoms with Gasteiger partial charge in [-0.3, -0.25) is 0 Å². The minimum Gasteiger partial charge on any atom is -0.497 e. The van der Waals surface area contributed by atoms with E-state index in [1.807, 2.05) is 49.4 Å². The van der Waals surface area contributed by atoms with Gasteiger partial charge in [-0.25, -0.2) is 0 Å². The van der Waals surface area contributed by atoms with Crippen LogP contribution in [0.5, 0.6) is 17.2 Å². The fourth-order valence-corrected chi connectivity index (χ4v) is 2.59. The van der Waals surface area contributed by atoms with Crippen molar-refractivity contribution in [2.24, 2.45) is 0 Å². The van der Waals surface area contributed by atoms with E-state index in [-0.39, 0.29) is 6.04 Å². The maximum atomic E-state index is 5.42. The summed E-state index contributed by atoms with van der Waals surface area (Å²) in [6.45, 7) is 2.01. The third-order valence-electron chi connectivity index (χ3n) is 3.60. The third kappa shape index (κ3) is 4.52. The Kier molecular flexibility index (Phi) is 6.26. The minimum absolute atomic E-state index is 0.0479. The van der Waals surface area contributed by atoms with Gasteiger partial charge in [-0.15, -0.1) is 0 Å². The quantitative estimate of drug-likeness (QED) is 0.777. The first-order valence-electron chi connectivity index (χ1n) is 7.51. The van der Waals surface area contributed by atoms with Crippen LogP contribution in [0, 0.1) is 0 Å². The summed E-state index contributed by atoms with van der Waals surface area (Å²) in [5, 5.41) is 6.93. The molecule has 0 bridgehead atoms. The highest BCUT2D eigenvalue weighted by molar-refractivity contribution is 7.80. The Morgan fingerprint density at radius 3 is 2.12 bits per heavy atom. The molecular weight excluding hydrogens is 324 g/mol. The summed E-state index contributed by atoms with van der Waals surface area (Å²) in [5.41, 5.74) is 1.86. The van der Waals surface area contributed by atoms with Crippen LogP contribution in [0.25, 0.3) is 0 Å². The van der Waals surface area contributed by atoms with Crippen molar-refractivity contribution in [1.82, 2.24) is 5.32 Å². The van der Waals surface area contributed by atoms with Crippen LogP contribution in [0.3, 0.4) is 0 Å². The van der Waals surface area contributed by atoms with Crippen LogP contribution < -0.4 is 24.8 Å². The zero-order chi connectivity index (χ0) is 17.5. The van der Waals surface area contributed by atoms with Crippen LogP contribution in [0.1, 0.15) is 18.5 Å². The average molecular weight is 346 g/mol. The lowest BCUT2D eigenvalue weighted by Gasteiger charge is -2.20. The Morgan fingerprint density at radius 1 is 0.917 bits per heavy atom. The second-order valence-electron chi connectivity index (χ2n) is 5.16. The smallest absolute Gasteiger partial charge is 0.171 e. The van der Waals surface area contributed by atoms with E-state index in [9.17, 15) is 0 Å². The van der Waals surface area contributed by atoms with E-state index in [1.54, 1.807) is 21.3 Å². The van der Waals surface area contributed by atoms with Gasteiger partial charge >= 0.3 is 0 Å². The molecule has 0 saturated carbocycles. The van der Waals surface area contributed by atoms with E-state index >= 15 is 0 Å². The predicted octanol–water partition coefficient (Wildman–Crippen LogP) is 3.76. The van der Waals surface area contributed by atoms with Gasteiger partial charge < -0.3 is 24.8 Å². The molecular formula is C18H22N2O3S. The number of anilines is 1. The zero-order valence-electron chi connectivity index (χ0n) is 14.3. The summed E-state index contributed by atoms with van der Waals surface area (Å²) in [6.07, 6.45) is 0. The van der Waals surface area contributed by atoms with Gasteiger partial charge in [-0.2, -0.15) is 0 Å². The molecule has 0 aliphatic rings. The van der Waals surface area contributed by atoms with Gasteiger partial charge in [0.05, 0.1) is 27.4 Å². The molecule has 2 rings (SSSR count). The molecule has 1 atom stereocenters. The van der Waals surface area contributed by atoms with Crippen molar-refractivity contribution in [2.75, 3.05) is 26.6 Å². The molecule has 0 aliphatic carbocycles. The summed E-state index contributed by atoms with van der Waals surface area (Å²) in [7, 11) is 4.92. The molecule has 0 fully saturated rings. The molecule has 0 radical (unpaired) electrons. The van der Waals surface area contributed by atoms with Crippen molar-refractivity contribution < 1.29 is 14.2 Å². The second-order valence-corrected chi connectivity index (χ2v) is 5.56. The molecule has 6 heteroatoms. The molecule has 24 heavy (non-hydrogen) atoms. The predicted molar refractivity (Wildman–Crippen MR) is 100 cm³/mol. The number of thiocarbonyl (C=S) groups is 1. The molecule has 5 nitrogen and oxygen atoms in total. The Morgan fingerprint density at radius 2 is 1.54 bits per heavy atom. The van der Waals surface area contributed by atoms with E-state index < -0.39 is 0 Å². The topological polar surface area (TPSA) is 51.8 Å². The maximum absolute atomic E-state index is 5.42. The molecule has 2 aromatic rings. The molecule has 0 aliphatic heterocycles. The van der Waals surface area contributed by atoms with Gasteiger partial charge in [0.25, 0.3) is 0 Å². The fourth-order valence-electron chi connectivity index (χ4n) is 2.29. The van der Waals surface area contributed by atoms with E-state index in [4.69, 9.17) is 26.4 Å². The highest BCUT2D eigenvalue weighted by Crippen LogP contribution is 2.29. The Labute approximate surface area is 147 Å². The Hall–Kier alpha value is -2.47. The van der Waals surface area contributed by atoms with Gasteiger partial charge in [0, 0.05) is 11.3 Å². The lowest BCUT2D eigenvalue weighted by Crippen LogP contribution is -2.31. The highest BCUT2D eigenvalue weighted by Gasteiger charge is 2.14. The minimum atomic E-state index is -0.0479. The second kappa shape index (κ2) is 8.40. The van der Waals surface area contributed by atoms with Crippen molar-refractivity contribution in [3.05, 3.63) is 48.0 Å². The van der Waals surface area contributed by atoms with Gasteiger partial charge in [0.1, 0.15) is 17.2 Å². The number of rotatable bonds is 6. The monoisotopic (exact) mass is 346 g/mol. The summed E-state index contributed by atoms with van der Waals surface area (Å²) in [4.78, 5) is 0. The number of ether oxygens (including phenoxy) is 3. The summed E-state index contributed by atoms with van der Waals surface area (Å²) in [5.74, 6) is 2.35. The van der Waals surface area contributed by atoms with Crippen molar-refractivity contribution in [2.45, 2.75) is 13.0 Å². The van der Waals surface area contributed by atoms with Crippen molar-refractivity contribution >= 4 is 23.0 Å². The first-order chi connectivity index (χ1) is 11.6. The SMILES string of the molecule is COc1ccc(NC(=S)N[C@@H](C)c2cc(OC)ccc2OC)cc1. The average Bonchev–Trinajstić information content (AvgIpc) is 2.61. The summed E-state index contributed by atoms with van der Waals surface area (Å²) in [6, 6.07) is 13.2. The van der Waals surface area contributed by atoms with Crippen LogP contribution >= 0.6 is 12.2 Å². The molecule has 128 valence electrons. The first kappa shape index (κ1) is 17.9. The van der Waals surface area contributed by atoms with Crippen molar-refractivity contribution in [1.29, 1.82) is 0 Å². The van der Waals surface area contributed by atoms with E-state index in [2.05, 4.69) is 10.6 Å². The van der Waals surface area contributed by atoms with Gasteiger partial charge in [-0.1, -0.05) is 0 Å². The molecule has 0 unspecified atom stereocenters. The number of methoxy groups -OCH3 is 3. The molecule has 0 spiro atoms. The molecule has 0 heterocycles. The molecule has 2 N–H and O–H groups in total. The van der Waals surface area contributed by atoms with Crippen LogP contribution in [-0.2, 0) is 0 Å². The van der Waals surface area contributed by atoms with Crippen LogP contribution in [0.4, 0.5) is 5.69 Å². The van der Waals surface area contributed by atoms with Crippen LogP contribution in [-0.4, -0.2) is 26.4 Å². The van der Waals surface area contributed by atoms with E-state index in [0.717, 1.165) is 28.5 Å². The van der Waals surface area contributed by atoms with Crippen LogP contribution in [0.15, 0.2) is 42.5 Å². The third-order valence-corrected chi connectivity index (χ3v) is 3.82. The normalized spacial score (nSPS) is 11.3. The van der Waals surface area contributed by atoms with Crippen LogP contribution in [0.2, 0.25) is 0 Å². The first-order valence-corrected chi connectivity index (χ1v) is 7.91. The van der Waals surface area contributed by atoms with E-state index in [1.165, 1.54) is 0 Å². The number of hydrogen-bond donors (Lipinski definition) is 2. The largest absolute Gasteiger partial charge is 0.497 e. The highest BCUT2D eigenvalue weighted by atomic mass is 32.1. The maximum Gasteiger partial charge on any atom is 0.171 e. The standard InChI is InChI=1S/C18H22N2O3S/c1-12(16-11-15(22-3)9-10-17(16)23-4)19-18(24)20-13-5-7-14(21-2)8-6-13/h5-12H,1-4H3,(H2,19,20,24)/t12-/m0/s1. The lowest BCUT2D eigenvalue weighted by molar-refractivity contribution is 0.395. The Balaban J connectivity index is 2.05. The number of benzene rings is 2. The Bertz CT molecular complexity index is 689. The molecule has 2 aromatic carbocycles. The number of hydrogen-bond acceptors (Lipinski definition) is 4. The lowest BCUT2D eigenvalue weighted by atomic mass is 10.1. The summed E-state index contributed by atoms with van der Waals surface area (Å²) >= 11 is 5.39. The summed E-state index contributed by atoms with van der Waals surface area (Å²) < 4.78 is 15.8. The number of nitrogens with one attached hydrogen (secondary N) is 2. The fraction of sp³-hybridized carbons (Fsp3) is 0.278. The van der Waals surface area contributed by atoms with E-state index in [0.29, 0.717) is 5.11 Å². The van der Waals surface area contributed by atoms with Crippen molar-refractivity contribution in [3.63, 3.8) is 0 Å². The molecule has 0 aromatic heterocycles.